The predicted octanol–water partition coefficient (Wildman–Crippen LogP) is 1.27. The topological polar surface area (TPSA) is 51.8 Å². The molecule has 2 aromatic heterocycles. The van der Waals surface area contributed by atoms with Crippen LogP contribution in [0.3, 0.4) is 0 Å². The monoisotopic (exact) mass is 155 g/mol. The zero-order chi connectivity index (χ0) is 6.97. The summed E-state index contributed by atoms with van der Waals surface area (Å²) < 4.78 is 4.63. The molecule has 10 heavy (non-hydrogen) atoms. The van der Waals surface area contributed by atoms with Gasteiger partial charge in [0.2, 0.25) is 0 Å². The van der Waals surface area contributed by atoms with Crippen LogP contribution in [0.15, 0.2) is 17.0 Å². The van der Waals surface area contributed by atoms with Crippen molar-refractivity contribution in [2.45, 2.75) is 0 Å². The van der Waals surface area contributed by atoms with Crippen molar-refractivity contribution in [1.29, 1.82) is 0 Å². The van der Waals surface area contributed by atoms with E-state index in [2.05, 4.69) is 19.6 Å². The van der Waals surface area contributed by atoms with Gasteiger partial charge >= 0.3 is 0 Å². The second-order valence-corrected chi connectivity index (χ2v) is 2.06. The van der Waals surface area contributed by atoms with Crippen LogP contribution in [0.4, 0.5) is 0 Å². The highest BCUT2D eigenvalue weighted by molar-refractivity contribution is 6.32. The largest absolute Gasteiger partial charge is 0.341 e. The first-order valence-corrected chi connectivity index (χ1v) is 2.96. The average molecular weight is 156 g/mol. The lowest BCUT2D eigenvalue weighted by molar-refractivity contribution is 0.430. The molecule has 2 rings (SSSR count). The summed E-state index contributed by atoms with van der Waals surface area (Å²) in [5, 5.41) is 3.79. The molecule has 0 aliphatic carbocycles. The van der Waals surface area contributed by atoms with Crippen LogP contribution < -0.4 is 0 Å². The summed E-state index contributed by atoms with van der Waals surface area (Å²) in [6.07, 6.45) is 2.93. The highest BCUT2D eigenvalue weighted by Crippen LogP contribution is 2.18. The molecule has 0 fully saturated rings. The van der Waals surface area contributed by atoms with Crippen molar-refractivity contribution in [2.24, 2.45) is 0 Å². The van der Waals surface area contributed by atoms with Gasteiger partial charge in [0, 0.05) is 0 Å². The van der Waals surface area contributed by atoms with Crippen molar-refractivity contribution >= 4 is 22.6 Å². The molecule has 0 saturated carbocycles. The van der Waals surface area contributed by atoms with E-state index in [4.69, 9.17) is 11.6 Å². The van der Waals surface area contributed by atoms with E-state index in [-0.39, 0.29) is 5.22 Å². The van der Waals surface area contributed by atoms with Gasteiger partial charge in [-0.3, -0.25) is 0 Å². The average Bonchev–Trinajstić information content (AvgIpc) is 2.34. The van der Waals surface area contributed by atoms with Crippen molar-refractivity contribution in [1.82, 2.24) is 15.1 Å². The number of hydrogen-bond acceptors (Lipinski definition) is 4. The zero-order valence-electron chi connectivity index (χ0n) is 4.78. The maximum Gasteiger partial charge on any atom is 0.252 e. The highest BCUT2D eigenvalue weighted by atomic mass is 35.5. The maximum atomic E-state index is 5.55. The normalized spacial score (nSPS) is 10.5. The van der Waals surface area contributed by atoms with Gasteiger partial charge in [0.15, 0.2) is 11.0 Å². The molecule has 0 N–H and O–H groups in total. The van der Waals surface area contributed by atoms with Crippen molar-refractivity contribution in [3.63, 3.8) is 0 Å². The fourth-order valence-electron chi connectivity index (χ4n) is 0.673. The van der Waals surface area contributed by atoms with E-state index < -0.39 is 0 Å². The Bertz CT molecular complexity index is 358. The molecule has 5 heteroatoms. The van der Waals surface area contributed by atoms with Crippen molar-refractivity contribution in [2.75, 3.05) is 0 Å². The molecule has 2 heterocycles. The Labute approximate surface area is 60.8 Å². The minimum Gasteiger partial charge on any atom is -0.341 e. The molecule has 0 amide bonds. The molecule has 50 valence electrons. The second kappa shape index (κ2) is 1.91. The molecule has 0 atom stereocenters. The van der Waals surface area contributed by atoms with Gasteiger partial charge in [0.25, 0.3) is 5.22 Å². The van der Waals surface area contributed by atoms with E-state index in [1.54, 1.807) is 0 Å². The van der Waals surface area contributed by atoms with Crippen LogP contribution in [-0.2, 0) is 0 Å². The number of halogens is 1. The Hall–Kier alpha value is -1.16. The predicted molar refractivity (Wildman–Crippen MR) is 34.6 cm³/mol. The minimum atomic E-state index is 0.206. The molecule has 0 spiro atoms. The third-order valence-electron chi connectivity index (χ3n) is 1.10. The van der Waals surface area contributed by atoms with Crippen LogP contribution in [0.1, 0.15) is 0 Å². The van der Waals surface area contributed by atoms with Gasteiger partial charge in [-0.2, -0.15) is 0 Å². The van der Waals surface area contributed by atoms with Crippen LogP contribution in [-0.4, -0.2) is 15.1 Å². The fourth-order valence-corrected chi connectivity index (χ4v) is 0.853. The molecule has 0 unspecified atom stereocenters. The summed E-state index contributed by atoms with van der Waals surface area (Å²) in [5.74, 6) is 0. The number of rotatable bonds is 0. The summed E-state index contributed by atoms with van der Waals surface area (Å²) in [6.45, 7) is 0. The van der Waals surface area contributed by atoms with Gasteiger partial charge in [-0.05, 0) is 11.6 Å². The second-order valence-electron chi connectivity index (χ2n) is 1.71. The summed E-state index contributed by atoms with van der Waals surface area (Å²) in [4.78, 5) is 7.58. The van der Waals surface area contributed by atoms with Gasteiger partial charge in [0.05, 0.1) is 6.20 Å². The minimum absolute atomic E-state index is 0.206. The molecule has 0 aliphatic rings. The molecule has 0 radical (unpaired) electrons. The smallest absolute Gasteiger partial charge is 0.252 e. The summed E-state index contributed by atoms with van der Waals surface area (Å²) in [6, 6.07) is 0. The number of hydrogen-bond donors (Lipinski definition) is 0. The SMILES string of the molecule is Clc1onc2cncnc12. The first kappa shape index (κ1) is 5.61. The Kier molecular flexibility index (Phi) is 1.07. The summed E-state index contributed by atoms with van der Waals surface area (Å²) in [7, 11) is 0. The Morgan fingerprint density at radius 2 is 2.40 bits per heavy atom. The first-order chi connectivity index (χ1) is 4.88. The van der Waals surface area contributed by atoms with E-state index in [1.165, 1.54) is 12.5 Å². The van der Waals surface area contributed by atoms with Crippen LogP contribution in [0.5, 0.6) is 0 Å². The van der Waals surface area contributed by atoms with Gasteiger partial charge < -0.3 is 4.52 Å². The van der Waals surface area contributed by atoms with E-state index in [1.807, 2.05) is 0 Å². The van der Waals surface area contributed by atoms with Crippen LogP contribution in [0.2, 0.25) is 5.22 Å². The number of nitrogens with zero attached hydrogens (tertiary/aromatic N) is 3. The number of aromatic nitrogens is 3. The van der Waals surface area contributed by atoms with Gasteiger partial charge in [-0.1, -0.05) is 5.16 Å². The third-order valence-corrected chi connectivity index (χ3v) is 1.35. The first-order valence-electron chi connectivity index (χ1n) is 2.59. The van der Waals surface area contributed by atoms with Gasteiger partial charge in [-0.15, -0.1) is 0 Å². The molecule has 0 saturated heterocycles. The van der Waals surface area contributed by atoms with E-state index in [0.717, 1.165) is 0 Å². The summed E-state index contributed by atoms with van der Waals surface area (Å²) >= 11 is 5.55. The van der Waals surface area contributed by atoms with Gasteiger partial charge in [-0.25, -0.2) is 9.97 Å². The standard InChI is InChI=1S/C5H2ClN3O/c6-5-4-3(9-10-5)1-7-2-8-4/h1-2H. The van der Waals surface area contributed by atoms with Crippen molar-refractivity contribution < 1.29 is 4.52 Å². The molecule has 0 bridgehead atoms. The van der Waals surface area contributed by atoms with Crippen molar-refractivity contribution in [3.05, 3.63) is 17.7 Å². The lowest BCUT2D eigenvalue weighted by Gasteiger charge is -1.79. The quantitative estimate of drug-likeness (QED) is 0.575. The fraction of sp³-hybridized carbons (Fsp3) is 0. The van der Waals surface area contributed by atoms with Crippen LogP contribution in [0.25, 0.3) is 11.0 Å². The molecule has 4 nitrogen and oxygen atoms in total. The van der Waals surface area contributed by atoms with E-state index in [0.29, 0.717) is 11.0 Å². The molecule has 2 aromatic rings. The van der Waals surface area contributed by atoms with Crippen LogP contribution >= 0.6 is 11.6 Å². The lowest BCUT2D eigenvalue weighted by Crippen LogP contribution is -1.75. The lowest BCUT2D eigenvalue weighted by atomic mass is 10.5. The van der Waals surface area contributed by atoms with E-state index in [9.17, 15) is 0 Å². The molecular weight excluding hydrogens is 154 g/mol. The maximum absolute atomic E-state index is 5.55. The number of fused-ring (bicyclic) bond motifs is 1. The summed E-state index contributed by atoms with van der Waals surface area (Å²) in [5.41, 5.74) is 1.13. The third kappa shape index (κ3) is 0.657. The highest BCUT2D eigenvalue weighted by Gasteiger charge is 2.04. The molecular formula is C5H2ClN3O. The Morgan fingerprint density at radius 3 is 3.20 bits per heavy atom. The Morgan fingerprint density at radius 1 is 1.50 bits per heavy atom. The molecule has 0 aliphatic heterocycles. The molecule has 0 aromatic carbocycles. The Balaban J connectivity index is 2.93. The van der Waals surface area contributed by atoms with Crippen LogP contribution in [0, 0.1) is 0 Å². The van der Waals surface area contributed by atoms with Gasteiger partial charge in [0.1, 0.15) is 6.33 Å². The van der Waals surface area contributed by atoms with Crippen molar-refractivity contribution in [3.8, 4) is 0 Å². The zero-order valence-corrected chi connectivity index (χ0v) is 5.54. The van der Waals surface area contributed by atoms with E-state index >= 15 is 0 Å².